The number of para-hydroxylation sites is 1. The van der Waals surface area contributed by atoms with Crippen molar-refractivity contribution < 1.29 is 23.1 Å². The quantitative estimate of drug-likeness (QED) is 0.875. The van der Waals surface area contributed by atoms with Gasteiger partial charge in [0.05, 0.1) is 12.5 Å². The maximum absolute atomic E-state index is 11.9. The van der Waals surface area contributed by atoms with E-state index in [0.29, 0.717) is 11.3 Å². The Morgan fingerprint density at radius 1 is 1.39 bits per heavy atom. The topological polar surface area (TPSA) is 49.3 Å². The molecule has 1 unspecified atom stereocenters. The molecule has 1 rings (SSSR count). The number of carbonyl (C=O) groups is 1. The van der Waals surface area contributed by atoms with E-state index in [-0.39, 0.29) is 0 Å². The molecule has 0 aliphatic carbocycles. The smallest absolute Gasteiger partial charge is 0.389 e. The Labute approximate surface area is 103 Å². The first kappa shape index (κ1) is 14.5. The van der Waals surface area contributed by atoms with Crippen molar-refractivity contribution in [2.75, 3.05) is 5.32 Å². The number of benzene rings is 1. The number of aliphatic hydroxyl groups excluding tert-OH is 1. The first-order valence-electron chi connectivity index (χ1n) is 5.43. The minimum Gasteiger partial charge on any atom is -0.389 e. The van der Waals surface area contributed by atoms with E-state index in [1.165, 1.54) is 13.0 Å². The van der Waals surface area contributed by atoms with E-state index < -0.39 is 31.0 Å². The summed E-state index contributed by atoms with van der Waals surface area (Å²) in [5, 5.41) is 11.8. The molecule has 0 bridgehead atoms. The molecule has 3 nitrogen and oxygen atoms in total. The fourth-order valence-electron chi connectivity index (χ4n) is 1.44. The highest BCUT2D eigenvalue weighted by molar-refractivity contribution is 5.91. The number of aliphatic hydroxyl groups is 1. The summed E-state index contributed by atoms with van der Waals surface area (Å²) < 4.78 is 35.8. The van der Waals surface area contributed by atoms with E-state index in [2.05, 4.69) is 5.32 Å². The Bertz CT molecular complexity index is 416. The average molecular weight is 261 g/mol. The van der Waals surface area contributed by atoms with Crippen LogP contribution in [0.3, 0.4) is 0 Å². The van der Waals surface area contributed by atoms with Gasteiger partial charge < -0.3 is 10.4 Å². The Kier molecular flexibility index (Phi) is 4.72. The van der Waals surface area contributed by atoms with Crippen molar-refractivity contribution in [2.45, 2.75) is 32.0 Å². The number of hydrogen-bond donors (Lipinski definition) is 2. The second kappa shape index (κ2) is 5.86. The van der Waals surface area contributed by atoms with Gasteiger partial charge in [0.15, 0.2) is 0 Å². The molecule has 18 heavy (non-hydrogen) atoms. The lowest BCUT2D eigenvalue weighted by Gasteiger charge is -2.13. The van der Waals surface area contributed by atoms with Crippen molar-refractivity contribution in [3.63, 3.8) is 0 Å². The molecule has 0 aliphatic rings. The van der Waals surface area contributed by atoms with Crippen LogP contribution in [0.25, 0.3) is 0 Å². The maximum Gasteiger partial charge on any atom is 0.389 e. The third-order valence-corrected chi connectivity index (χ3v) is 2.32. The minimum absolute atomic E-state index is 0.333. The normalized spacial score (nSPS) is 13.2. The van der Waals surface area contributed by atoms with E-state index in [9.17, 15) is 23.1 Å². The first-order valence-corrected chi connectivity index (χ1v) is 5.43. The highest BCUT2D eigenvalue weighted by Crippen LogP contribution is 2.24. The molecule has 1 aromatic carbocycles. The van der Waals surface area contributed by atoms with Gasteiger partial charge in [-0.3, -0.25) is 4.79 Å². The van der Waals surface area contributed by atoms with Crippen molar-refractivity contribution in [1.82, 2.24) is 0 Å². The molecule has 0 radical (unpaired) electrons. The fourth-order valence-corrected chi connectivity index (χ4v) is 1.44. The Balaban J connectivity index is 2.65. The van der Waals surface area contributed by atoms with Gasteiger partial charge in [0.2, 0.25) is 5.91 Å². The molecular weight excluding hydrogens is 247 g/mol. The number of halogens is 3. The van der Waals surface area contributed by atoms with Crippen LogP contribution < -0.4 is 5.32 Å². The lowest BCUT2D eigenvalue weighted by molar-refractivity contribution is -0.142. The van der Waals surface area contributed by atoms with Crippen molar-refractivity contribution in [3.05, 3.63) is 29.8 Å². The van der Waals surface area contributed by atoms with Crippen LogP contribution >= 0.6 is 0 Å². The summed E-state index contributed by atoms with van der Waals surface area (Å²) in [5.74, 6) is -0.722. The van der Waals surface area contributed by atoms with Crippen LogP contribution in [0.4, 0.5) is 18.9 Å². The summed E-state index contributed by atoms with van der Waals surface area (Å²) in [5.41, 5.74) is 0.803. The molecule has 1 amide bonds. The second-order valence-corrected chi connectivity index (χ2v) is 3.93. The largest absolute Gasteiger partial charge is 0.389 e. The molecule has 0 saturated heterocycles. The molecular formula is C12H14F3NO2. The van der Waals surface area contributed by atoms with Gasteiger partial charge in [0.25, 0.3) is 0 Å². The molecule has 6 heteroatoms. The zero-order chi connectivity index (χ0) is 13.8. The SMILES string of the molecule is CC(O)c1ccccc1NC(=O)CCC(F)(F)F. The summed E-state index contributed by atoms with van der Waals surface area (Å²) in [4.78, 5) is 11.3. The van der Waals surface area contributed by atoms with Crippen LogP contribution in [0.2, 0.25) is 0 Å². The number of carbonyl (C=O) groups excluding carboxylic acids is 1. The van der Waals surface area contributed by atoms with Crippen LogP contribution in [0.1, 0.15) is 31.4 Å². The molecule has 1 atom stereocenters. The summed E-state index contributed by atoms with van der Waals surface area (Å²) >= 11 is 0. The average Bonchev–Trinajstić information content (AvgIpc) is 2.26. The summed E-state index contributed by atoms with van der Waals surface area (Å²) in [6.45, 7) is 1.51. The second-order valence-electron chi connectivity index (χ2n) is 3.93. The summed E-state index contributed by atoms with van der Waals surface area (Å²) in [6.07, 6.45) is -6.93. The summed E-state index contributed by atoms with van der Waals surface area (Å²) in [6, 6.07) is 6.44. The Morgan fingerprint density at radius 3 is 2.56 bits per heavy atom. The molecule has 1 aromatic rings. The molecule has 2 N–H and O–H groups in total. The van der Waals surface area contributed by atoms with Gasteiger partial charge in [-0.15, -0.1) is 0 Å². The van der Waals surface area contributed by atoms with Gasteiger partial charge in [-0.1, -0.05) is 18.2 Å². The van der Waals surface area contributed by atoms with Crippen LogP contribution in [-0.4, -0.2) is 17.2 Å². The van der Waals surface area contributed by atoms with Crippen LogP contribution in [0, 0.1) is 0 Å². The van der Waals surface area contributed by atoms with E-state index in [1.54, 1.807) is 18.2 Å². The molecule has 0 aliphatic heterocycles. The lowest BCUT2D eigenvalue weighted by Crippen LogP contribution is -2.17. The number of amides is 1. The Hall–Kier alpha value is -1.56. The van der Waals surface area contributed by atoms with Crippen LogP contribution in [-0.2, 0) is 4.79 Å². The third-order valence-electron chi connectivity index (χ3n) is 2.32. The molecule has 0 fully saturated rings. The van der Waals surface area contributed by atoms with E-state index in [1.807, 2.05) is 0 Å². The first-order chi connectivity index (χ1) is 8.29. The van der Waals surface area contributed by atoms with E-state index in [0.717, 1.165) is 0 Å². The zero-order valence-electron chi connectivity index (χ0n) is 9.79. The highest BCUT2D eigenvalue weighted by atomic mass is 19.4. The Morgan fingerprint density at radius 2 is 2.00 bits per heavy atom. The number of hydrogen-bond acceptors (Lipinski definition) is 2. The standard InChI is InChI=1S/C12H14F3NO2/c1-8(17)9-4-2-3-5-10(9)16-11(18)6-7-12(13,14)15/h2-5,8,17H,6-7H2,1H3,(H,16,18). The van der Waals surface area contributed by atoms with Gasteiger partial charge >= 0.3 is 6.18 Å². The van der Waals surface area contributed by atoms with Crippen LogP contribution in [0.15, 0.2) is 24.3 Å². The third kappa shape index (κ3) is 4.75. The van der Waals surface area contributed by atoms with Crippen molar-refractivity contribution in [2.24, 2.45) is 0 Å². The number of anilines is 1. The van der Waals surface area contributed by atoms with E-state index >= 15 is 0 Å². The fraction of sp³-hybridized carbons (Fsp3) is 0.417. The predicted molar refractivity (Wildman–Crippen MR) is 61.0 cm³/mol. The number of rotatable bonds is 4. The number of nitrogens with one attached hydrogen (secondary N) is 1. The number of alkyl halides is 3. The highest BCUT2D eigenvalue weighted by Gasteiger charge is 2.28. The van der Waals surface area contributed by atoms with Crippen LogP contribution in [0.5, 0.6) is 0 Å². The van der Waals surface area contributed by atoms with Crippen molar-refractivity contribution >= 4 is 11.6 Å². The zero-order valence-corrected chi connectivity index (χ0v) is 9.79. The predicted octanol–water partition coefficient (Wildman–Crippen LogP) is 3.02. The van der Waals surface area contributed by atoms with Gasteiger partial charge in [-0.2, -0.15) is 13.2 Å². The summed E-state index contributed by atoms with van der Waals surface area (Å²) in [7, 11) is 0. The molecule has 0 heterocycles. The van der Waals surface area contributed by atoms with Crippen molar-refractivity contribution in [1.29, 1.82) is 0 Å². The van der Waals surface area contributed by atoms with Crippen molar-refractivity contribution in [3.8, 4) is 0 Å². The van der Waals surface area contributed by atoms with Gasteiger partial charge in [0.1, 0.15) is 0 Å². The molecule has 0 saturated carbocycles. The van der Waals surface area contributed by atoms with Gasteiger partial charge in [-0.05, 0) is 13.0 Å². The van der Waals surface area contributed by atoms with Gasteiger partial charge in [0, 0.05) is 17.7 Å². The molecule has 0 spiro atoms. The molecule has 0 aromatic heterocycles. The monoisotopic (exact) mass is 261 g/mol. The molecule has 100 valence electrons. The lowest BCUT2D eigenvalue weighted by atomic mass is 10.1. The van der Waals surface area contributed by atoms with E-state index in [4.69, 9.17) is 0 Å². The van der Waals surface area contributed by atoms with Gasteiger partial charge in [-0.25, -0.2) is 0 Å². The maximum atomic E-state index is 11.9. The minimum atomic E-state index is -4.35.